The Kier molecular flexibility index (Phi) is 1.29. The third-order valence-corrected chi connectivity index (χ3v) is 2.62. The summed E-state index contributed by atoms with van der Waals surface area (Å²) in [6.45, 7) is 2.99. The first-order chi connectivity index (χ1) is 4.93. The minimum atomic E-state index is 0.706. The topological polar surface area (TPSA) is 60.8 Å². The van der Waals surface area contributed by atoms with E-state index in [1.165, 1.54) is 0 Å². The van der Waals surface area contributed by atoms with Gasteiger partial charge in [0.2, 0.25) is 0 Å². The van der Waals surface area contributed by atoms with Crippen LogP contribution >= 0.6 is 0 Å². The molecule has 0 aromatic rings. The van der Waals surface area contributed by atoms with E-state index in [9.17, 15) is 0 Å². The quantitative estimate of drug-likeness (QED) is 0.342. The second kappa shape index (κ2) is 2.15. The molecule has 54 valence electrons. The molecule has 0 spiro atoms. The zero-order valence-corrected chi connectivity index (χ0v) is 5.70. The lowest BCUT2D eigenvalue weighted by Gasteiger charge is -1.97. The Hall–Kier alpha value is -0.730. The molecule has 0 bridgehead atoms. The molecule has 2 rings (SSSR count). The Morgan fingerprint density at radius 1 is 1.50 bits per heavy atom. The van der Waals surface area contributed by atoms with Crippen molar-refractivity contribution in [1.82, 2.24) is 5.32 Å². The monoisotopic (exact) mass is 138 g/mol. The summed E-state index contributed by atoms with van der Waals surface area (Å²) >= 11 is 0. The maximum absolute atomic E-state index is 8.05. The third kappa shape index (κ3) is 0.770. The summed E-state index contributed by atoms with van der Waals surface area (Å²) in [7, 11) is 0. The van der Waals surface area contributed by atoms with E-state index in [0.29, 0.717) is 12.5 Å². The van der Waals surface area contributed by atoms with Crippen LogP contribution in [0, 0.1) is 17.8 Å². The normalized spacial score (nSPS) is 42.2. The summed E-state index contributed by atoms with van der Waals surface area (Å²) in [4.78, 5) is 2.75. The van der Waals surface area contributed by atoms with E-state index in [-0.39, 0.29) is 0 Å². The van der Waals surface area contributed by atoms with Gasteiger partial charge in [-0.25, -0.2) is 0 Å². The molecule has 2 aliphatic rings. The van der Waals surface area contributed by atoms with Gasteiger partial charge in [-0.2, -0.15) is 0 Å². The smallest absolute Gasteiger partial charge is 0.0292 e. The Balaban J connectivity index is 1.84. The molecule has 0 amide bonds. The first-order valence-electron chi connectivity index (χ1n) is 3.65. The van der Waals surface area contributed by atoms with Gasteiger partial charge in [0.25, 0.3) is 0 Å². The summed E-state index contributed by atoms with van der Waals surface area (Å²) in [6, 6.07) is 0. The molecule has 1 unspecified atom stereocenters. The van der Waals surface area contributed by atoms with E-state index < -0.39 is 0 Å². The molecule has 0 aromatic heterocycles. The van der Waals surface area contributed by atoms with Crippen molar-refractivity contribution in [3.8, 4) is 0 Å². The van der Waals surface area contributed by atoms with Gasteiger partial charge in [0.15, 0.2) is 0 Å². The van der Waals surface area contributed by atoms with Gasteiger partial charge in [-0.05, 0) is 36.4 Å². The summed E-state index contributed by atoms with van der Waals surface area (Å²) in [5, 5.41) is 6.86. The highest BCUT2D eigenvalue weighted by molar-refractivity contribution is 5.04. The molecule has 4 nitrogen and oxygen atoms in total. The van der Waals surface area contributed by atoms with Crippen molar-refractivity contribution < 1.29 is 0 Å². The zero-order chi connectivity index (χ0) is 6.97. The number of fused-ring (bicyclic) bond motifs is 1. The van der Waals surface area contributed by atoms with Crippen LogP contribution in [0.3, 0.4) is 0 Å². The standard InChI is InChI=1S/C6H10N4/c7-10-9-3-6-4-1-8-2-5(4)6/h4-6,8H,1-3H2/t4-,5+,6?. The first kappa shape index (κ1) is 6.01. The molecule has 1 saturated heterocycles. The minimum absolute atomic E-state index is 0.706. The van der Waals surface area contributed by atoms with E-state index in [0.717, 1.165) is 24.9 Å². The number of hydrogen-bond acceptors (Lipinski definition) is 2. The maximum Gasteiger partial charge on any atom is 0.0292 e. The lowest BCUT2D eigenvalue weighted by Crippen LogP contribution is -2.15. The molecule has 1 heterocycles. The van der Waals surface area contributed by atoms with Crippen LogP contribution in [0.4, 0.5) is 0 Å². The molecule has 1 aliphatic carbocycles. The molecule has 1 N–H and O–H groups in total. The summed E-state index contributed by atoms with van der Waals surface area (Å²) in [6.07, 6.45) is 0. The van der Waals surface area contributed by atoms with E-state index in [1.54, 1.807) is 0 Å². The van der Waals surface area contributed by atoms with Crippen molar-refractivity contribution >= 4 is 0 Å². The second-order valence-corrected chi connectivity index (χ2v) is 3.06. The average molecular weight is 138 g/mol. The summed E-state index contributed by atoms with van der Waals surface area (Å²) < 4.78 is 0. The van der Waals surface area contributed by atoms with Gasteiger partial charge >= 0.3 is 0 Å². The van der Waals surface area contributed by atoms with Gasteiger partial charge in [-0.15, -0.1) is 0 Å². The lowest BCUT2D eigenvalue weighted by molar-refractivity contribution is 0.603. The molecule has 0 aromatic carbocycles. The summed E-state index contributed by atoms with van der Waals surface area (Å²) in [5.74, 6) is 2.35. The molecular formula is C6H10N4. The number of azide groups is 1. The number of piperidine rings is 1. The second-order valence-electron chi connectivity index (χ2n) is 3.06. The fraction of sp³-hybridized carbons (Fsp3) is 1.00. The molecular weight excluding hydrogens is 128 g/mol. The van der Waals surface area contributed by atoms with Crippen LogP contribution < -0.4 is 5.32 Å². The van der Waals surface area contributed by atoms with E-state index in [1.807, 2.05) is 0 Å². The highest BCUT2D eigenvalue weighted by atomic mass is 15.1. The fourth-order valence-electron chi connectivity index (χ4n) is 1.95. The van der Waals surface area contributed by atoms with E-state index >= 15 is 0 Å². The Morgan fingerprint density at radius 2 is 2.20 bits per heavy atom. The van der Waals surface area contributed by atoms with Crippen molar-refractivity contribution in [3.05, 3.63) is 10.4 Å². The number of nitrogens with one attached hydrogen (secondary N) is 1. The Morgan fingerprint density at radius 3 is 2.80 bits per heavy atom. The van der Waals surface area contributed by atoms with Crippen molar-refractivity contribution in [2.75, 3.05) is 19.6 Å². The van der Waals surface area contributed by atoms with Crippen LogP contribution in [0.25, 0.3) is 10.4 Å². The molecule has 1 aliphatic heterocycles. The fourth-order valence-corrected chi connectivity index (χ4v) is 1.95. The van der Waals surface area contributed by atoms with Crippen LogP contribution in [-0.4, -0.2) is 19.6 Å². The van der Waals surface area contributed by atoms with E-state index in [4.69, 9.17) is 5.53 Å². The van der Waals surface area contributed by atoms with Crippen LogP contribution in [0.5, 0.6) is 0 Å². The van der Waals surface area contributed by atoms with Crippen molar-refractivity contribution in [3.63, 3.8) is 0 Å². The van der Waals surface area contributed by atoms with Gasteiger partial charge in [0.1, 0.15) is 0 Å². The van der Waals surface area contributed by atoms with Gasteiger partial charge < -0.3 is 5.32 Å². The Labute approximate surface area is 59.2 Å². The number of hydrogen-bond donors (Lipinski definition) is 1. The predicted molar refractivity (Wildman–Crippen MR) is 37.4 cm³/mol. The lowest BCUT2D eigenvalue weighted by atomic mass is 10.3. The van der Waals surface area contributed by atoms with Crippen LogP contribution in [0.2, 0.25) is 0 Å². The molecule has 4 heteroatoms. The van der Waals surface area contributed by atoms with Gasteiger partial charge in [-0.1, -0.05) is 5.11 Å². The third-order valence-electron chi connectivity index (χ3n) is 2.62. The molecule has 3 atom stereocenters. The molecule has 2 fully saturated rings. The highest BCUT2D eigenvalue weighted by Crippen LogP contribution is 2.48. The minimum Gasteiger partial charge on any atom is -0.316 e. The van der Waals surface area contributed by atoms with Crippen molar-refractivity contribution in [2.45, 2.75) is 0 Å². The van der Waals surface area contributed by atoms with Crippen molar-refractivity contribution in [2.24, 2.45) is 22.9 Å². The highest BCUT2D eigenvalue weighted by Gasteiger charge is 2.51. The Bertz CT molecular complexity index is 174. The van der Waals surface area contributed by atoms with Crippen LogP contribution in [0.1, 0.15) is 0 Å². The summed E-state index contributed by atoms with van der Waals surface area (Å²) in [5.41, 5.74) is 8.05. The largest absolute Gasteiger partial charge is 0.316 e. The SMILES string of the molecule is [N-]=[N+]=NCC1[C@H]2CNC[C@@H]12. The number of nitrogens with zero attached hydrogens (tertiary/aromatic N) is 3. The molecule has 0 radical (unpaired) electrons. The van der Waals surface area contributed by atoms with Crippen molar-refractivity contribution in [1.29, 1.82) is 0 Å². The van der Waals surface area contributed by atoms with Gasteiger partial charge in [0.05, 0.1) is 0 Å². The average Bonchev–Trinajstić information content (AvgIpc) is 2.46. The van der Waals surface area contributed by atoms with E-state index in [2.05, 4.69) is 15.3 Å². The van der Waals surface area contributed by atoms with Gasteiger partial charge in [-0.3, -0.25) is 0 Å². The molecule has 1 saturated carbocycles. The van der Waals surface area contributed by atoms with Gasteiger partial charge in [0, 0.05) is 11.5 Å². The predicted octanol–water partition coefficient (Wildman–Crippen LogP) is 0.762. The van der Waals surface area contributed by atoms with Crippen LogP contribution in [0.15, 0.2) is 5.11 Å². The van der Waals surface area contributed by atoms with Crippen LogP contribution in [-0.2, 0) is 0 Å². The maximum atomic E-state index is 8.05. The molecule has 10 heavy (non-hydrogen) atoms. The number of rotatable bonds is 2. The first-order valence-corrected chi connectivity index (χ1v) is 3.65. The zero-order valence-electron chi connectivity index (χ0n) is 5.70.